The molecule has 0 spiro atoms. The van der Waals surface area contributed by atoms with Crippen molar-refractivity contribution in [2.75, 3.05) is 19.0 Å². The lowest BCUT2D eigenvalue weighted by atomic mass is 10.2. The summed E-state index contributed by atoms with van der Waals surface area (Å²) in [7, 11) is 1.56. The molecule has 0 radical (unpaired) electrons. The standard InChI is InChI=1S/C16H17NO3/c1-12-7-3-5-9-14(12)20-11-16(18)17-13-8-4-6-10-15(13)19-2/h3-10H,11H2,1-2H3,(H,17,18). The van der Waals surface area contributed by atoms with E-state index in [1.165, 1.54) is 0 Å². The molecule has 0 fully saturated rings. The maximum absolute atomic E-state index is 11.9. The van der Waals surface area contributed by atoms with Gasteiger partial charge >= 0.3 is 0 Å². The largest absolute Gasteiger partial charge is 0.495 e. The van der Waals surface area contributed by atoms with Crippen molar-refractivity contribution in [3.05, 3.63) is 54.1 Å². The van der Waals surface area contributed by atoms with Crippen LogP contribution in [0.1, 0.15) is 5.56 Å². The van der Waals surface area contributed by atoms with E-state index in [2.05, 4.69) is 5.32 Å². The Morgan fingerprint density at radius 3 is 2.40 bits per heavy atom. The van der Waals surface area contributed by atoms with E-state index in [1.807, 2.05) is 43.3 Å². The number of aryl methyl sites for hydroxylation is 1. The van der Waals surface area contributed by atoms with Crippen molar-refractivity contribution in [2.45, 2.75) is 6.92 Å². The number of methoxy groups -OCH3 is 1. The van der Waals surface area contributed by atoms with Crippen LogP contribution in [0.4, 0.5) is 5.69 Å². The van der Waals surface area contributed by atoms with Gasteiger partial charge in [-0.15, -0.1) is 0 Å². The van der Waals surface area contributed by atoms with Crippen LogP contribution in [-0.2, 0) is 4.79 Å². The van der Waals surface area contributed by atoms with E-state index in [9.17, 15) is 4.79 Å². The van der Waals surface area contributed by atoms with Crippen molar-refractivity contribution >= 4 is 11.6 Å². The third-order valence-electron chi connectivity index (χ3n) is 2.83. The van der Waals surface area contributed by atoms with Crippen LogP contribution in [0.5, 0.6) is 11.5 Å². The number of amides is 1. The highest BCUT2D eigenvalue weighted by Gasteiger charge is 2.08. The van der Waals surface area contributed by atoms with Gasteiger partial charge in [0.05, 0.1) is 12.8 Å². The number of nitrogens with one attached hydrogen (secondary N) is 1. The zero-order valence-electron chi connectivity index (χ0n) is 11.6. The Morgan fingerprint density at radius 2 is 1.70 bits per heavy atom. The van der Waals surface area contributed by atoms with Crippen LogP contribution in [0.2, 0.25) is 0 Å². The van der Waals surface area contributed by atoms with Crippen molar-refractivity contribution < 1.29 is 14.3 Å². The number of carbonyl (C=O) groups excluding carboxylic acids is 1. The molecule has 0 atom stereocenters. The van der Waals surface area contributed by atoms with E-state index >= 15 is 0 Å². The Hall–Kier alpha value is -2.49. The molecule has 0 saturated heterocycles. The lowest BCUT2D eigenvalue weighted by Crippen LogP contribution is -2.20. The summed E-state index contributed by atoms with van der Waals surface area (Å²) in [5.74, 6) is 1.11. The molecule has 0 aromatic heterocycles. The first-order valence-electron chi connectivity index (χ1n) is 6.32. The summed E-state index contributed by atoms with van der Waals surface area (Å²) in [5, 5.41) is 2.76. The van der Waals surface area contributed by atoms with Crippen LogP contribution >= 0.6 is 0 Å². The predicted molar refractivity (Wildman–Crippen MR) is 78.3 cm³/mol. The first-order valence-corrected chi connectivity index (χ1v) is 6.32. The summed E-state index contributed by atoms with van der Waals surface area (Å²) in [5.41, 5.74) is 1.63. The molecule has 0 aliphatic heterocycles. The van der Waals surface area contributed by atoms with Crippen LogP contribution in [0, 0.1) is 6.92 Å². The first kappa shape index (κ1) is 13.9. The summed E-state index contributed by atoms with van der Waals surface area (Å²) in [6.45, 7) is 1.90. The second-order valence-electron chi connectivity index (χ2n) is 4.30. The quantitative estimate of drug-likeness (QED) is 0.909. The molecule has 0 bridgehead atoms. The highest BCUT2D eigenvalue weighted by atomic mass is 16.5. The zero-order chi connectivity index (χ0) is 14.4. The third kappa shape index (κ3) is 3.51. The van der Waals surface area contributed by atoms with E-state index in [-0.39, 0.29) is 12.5 Å². The molecule has 2 rings (SSSR count). The molecule has 0 saturated carbocycles. The normalized spacial score (nSPS) is 9.90. The molecule has 0 aliphatic rings. The van der Waals surface area contributed by atoms with Crippen LogP contribution in [0.15, 0.2) is 48.5 Å². The molecular weight excluding hydrogens is 254 g/mol. The lowest BCUT2D eigenvalue weighted by Gasteiger charge is -2.11. The van der Waals surface area contributed by atoms with Crippen LogP contribution in [-0.4, -0.2) is 19.6 Å². The maximum Gasteiger partial charge on any atom is 0.262 e. The number of para-hydroxylation sites is 3. The highest BCUT2D eigenvalue weighted by Crippen LogP contribution is 2.23. The Bertz CT molecular complexity index is 596. The Kier molecular flexibility index (Phi) is 4.60. The van der Waals surface area contributed by atoms with Gasteiger partial charge in [0.2, 0.25) is 0 Å². The van der Waals surface area contributed by atoms with Gasteiger partial charge in [-0.3, -0.25) is 4.79 Å². The molecule has 2 aromatic rings. The van der Waals surface area contributed by atoms with E-state index in [0.717, 1.165) is 5.56 Å². The number of benzene rings is 2. The van der Waals surface area contributed by atoms with Gasteiger partial charge in [-0.25, -0.2) is 0 Å². The second-order valence-corrected chi connectivity index (χ2v) is 4.30. The Morgan fingerprint density at radius 1 is 1.05 bits per heavy atom. The summed E-state index contributed by atoms with van der Waals surface area (Å²) in [6, 6.07) is 14.8. The van der Waals surface area contributed by atoms with Crippen molar-refractivity contribution in [3.8, 4) is 11.5 Å². The monoisotopic (exact) mass is 271 g/mol. The molecule has 2 aromatic carbocycles. The van der Waals surface area contributed by atoms with Gasteiger partial charge in [-0.05, 0) is 30.7 Å². The van der Waals surface area contributed by atoms with E-state index in [1.54, 1.807) is 19.2 Å². The number of rotatable bonds is 5. The van der Waals surface area contributed by atoms with E-state index in [4.69, 9.17) is 9.47 Å². The third-order valence-corrected chi connectivity index (χ3v) is 2.83. The van der Waals surface area contributed by atoms with Crippen LogP contribution in [0.25, 0.3) is 0 Å². The molecule has 0 unspecified atom stereocenters. The van der Waals surface area contributed by atoms with Crippen molar-refractivity contribution in [1.29, 1.82) is 0 Å². The fourth-order valence-corrected chi connectivity index (χ4v) is 1.80. The molecule has 104 valence electrons. The molecular formula is C16H17NO3. The lowest BCUT2D eigenvalue weighted by molar-refractivity contribution is -0.118. The topological polar surface area (TPSA) is 47.6 Å². The van der Waals surface area contributed by atoms with Crippen LogP contribution < -0.4 is 14.8 Å². The number of carbonyl (C=O) groups is 1. The molecule has 20 heavy (non-hydrogen) atoms. The second kappa shape index (κ2) is 6.61. The van der Waals surface area contributed by atoms with Gasteiger partial charge in [0.1, 0.15) is 11.5 Å². The van der Waals surface area contributed by atoms with Crippen molar-refractivity contribution in [1.82, 2.24) is 0 Å². The first-order chi connectivity index (χ1) is 9.70. The van der Waals surface area contributed by atoms with Gasteiger partial charge in [0.15, 0.2) is 6.61 Å². The SMILES string of the molecule is COc1ccccc1NC(=O)COc1ccccc1C. The van der Waals surface area contributed by atoms with Gasteiger partial charge < -0.3 is 14.8 Å². The summed E-state index contributed by atoms with van der Waals surface area (Å²) in [6.07, 6.45) is 0. The zero-order valence-corrected chi connectivity index (χ0v) is 11.6. The molecule has 1 amide bonds. The van der Waals surface area contributed by atoms with Gasteiger partial charge in [0.25, 0.3) is 5.91 Å². The molecule has 0 heterocycles. The minimum Gasteiger partial charge on any atom is -0.495 e. The Balaban J connectivity index is 1.95. The predicted octanol–water partition coefficient (Wildman–Crippen LogP) is 3.02. The van der Waals surface area contributed by atoms with Gasteiger partial charge in [-0.2, -0.15) is 0 Å². The van der Waals surface area contributed by atoms with Crippen LogP contribution in [0.3, 0.4) is 0 Å². The number of hydrogen-bond donors (Lipinski definition) is 1. The van der Waals surface area contributed by atoms with Crippen molar-refractivity contribution in [3.63, 3.8) is 0 Å². The van der Waals surface area contributed by atoms with E-state index < -0.39 is 0 Å². The number of ether oxygens (including phenoxy) is 2. The fourth-order valence-electron chi connectivity index (χ4n) is 1.80. The minimum absolute atomic E-state index is 0.0388. The highest BCUT2D eigenvalue weighted by molar-refractivity contribution is 5.93. The van der Waals surface area contributed by atoms with E-state index in [0.29, 0.717) is 17.2 Å². The van der Waals surface area contributed by atoms with Crippen molar-refractivity contribution in [2.24, 2.45) is 0 Å². The smallest absolute Gasteiger partial charge is 0.262 e. The fraction of sp³-hybridized carbons (Fsp3) is 0.188. The molecule has 4 heteroatoms. The molecule has 1 N–H and O–H groups in total. The molecule has 4 nitrogen and oxygen atoms in total. The minimum atomic E-state index is -0.224. The maximum atomic E-state index is 11.9. The average molecular weight is 271 g/mol. The average Bonchev–Trinajstić information content (AvgIpc) is 2.47. The summed E-state index contributed by atoms with van der Waals surface area (Å²) >= 11 is 0. The molecule has 0 aliphatic carbocycles. The Labute approximate surface area is 118 Å². The van der Waals surface area contributed by atoms with Gasteiger partial charge in [-0.1, -0.05) is 30.3 Å². The summed E-state index contributed by atoms with van der Waals surface area (Å²) < 4.78 is 10.7. The number of anilines is 1. The number of hydrogen-bond acceptors (Lipinski definition) is 3. The van der Waals surface area contributed by atoms with Gasteiger partial charge in [0, 0.05) is 0 Å². The summed E-state index contributed by atoms with van der Waals surface area (Å²) in [4.78, 5) is 11.9.